The first-order valence-corrected chi connectivity index (χ1v) is 4.27. The van der Waals surface area contributed by atoms with E-state index in [4.69, 9.17) is 9.47 Å². The van der Waals surface area contributed by atoms with E-state index in [0.717, 1.165) is 5.56 Å². The lowest BCUT2D eigenvalue weighted by molar-refractivity contribution is -0.0234. The lowest BCUT2D eigenvalue weighted by Crippen LogP contribution is -2.24. The van der Waals surface area contributed by atoms with Crippen LogP contribution in [0, 0.1) is 0 Å². The normalized spacial score (nSPS) is 29.2. The van der Waals surface area contributed by atoms with Crippen molar-refractivity contribution in [3.8, 4) is 0 Å². The fourth-order valence-corrected chi connectivity index (χ4v) is 1.87. The van der Waals surface area contributed by atoms with Crippen molar-refractivity contribution in [2.75, 3.05) is 6.61 Å². The summed E-state index contributed by atoms with van der Waals surface area (Å²) in [5.74, 6) is 0. The van der Waals surface area contributed by atoms with E-state index < -0.39 is 0 Å². The number of hydrogen-bond donors (Lipinski definition) is 0. The van der Waals surface area contributed by atoms with Gasteiger partial charge in [0.1, 0.15) is 12.2 Å². The van der Waals surface area contributed by atoms with Crippen LogP contribution in [-0.4, -0.2) is 11.6 Å². The smallest absolute Gasteiger partial charge is 0.149 e. The first kappa shape index (κ1) is 7.09. The van der Waals surface area contributed by atoms with Crippen LogP contribution in [-0.2, 0) is 21.7 Å². The van der Waals surface area contributed by atoms with E-state index in [2.05, 4.69) is 4.98 Å². The van der Waals surface area contributed by atoms with Crippen molar-refractivity contribution < 1.29 is 9.47 Å². The van der Waals surface area contributed by atoms with Crippen LogP contribution in [0.1, 0.15) is 11.1 Å². The van der Waals surface area contributed by atoms with Crippen molar-refractivity contribution in [3.05, 3.63) is 41.9 Å². The van der Waals surface area contributed by atoms with Crippen LogP contribution in [0.4, 0.5) is 0 Å². The highest BCUT2D eigenvalue weighted by atomic mass is 16.6. The molecule has 13 heavy (non-hydrogen) atoms. The van der Waals surface area contributed by atoms with E-state index in [1.54, 1.807) is 12.5 Å². The Labute approximate surface area is 76.0 Å². The van der Waals surface area contributed by atoms with Gasteiger partial charge in [-0.05, 0) is 17.7 Å². The Kier molecular flexibility index (Phi) is 1.27. The van der Waals surface area contributed by atoms with E-state index in [-0.39, 0.29) is 5.60 Å². The van der Waals surface area contributed by atoms with Crippen molar-refractivity contribution >= 4 is 0 Å². The van der Waals surface area contributed by atoms with Gasteiger partial charge in [-0.1, -0.05) is 0 Å². The summed E-state index contributed by atoms with van der Waals surface area (Å²) in [4.78, 5) is 4.07. The predicted octanol–water partition coefficient (Wildman–Crippen LogP) is 1.35. The van der Waals surface area contributed by atoms with Crippen LogP contribution < -0.4 is 0 Å². The van der Waals surface area contributed by atoms with Crippen molar-refractivity contribution in [1.82, 2.24) is 4.98 Å². The molecular formula is C10H9NO2. The van der Waals surface area contributed by atoms with Crippen molar-refractivity contribution in [2.45, 2.75) is 12.2 Å². The van der Waals surface area contributed by atoms with Gasteiger partial charge in [-0.2, -0.15) is 0 Å². The molecule has 0 fully saturated rings. The third-order valence-electron chi connectivity index (χ3n) is 2.58. The van der Waals surface area contributed by atoms with Gasteiger partial charge in [-0.15, -0.1) is 0 Å². The number of rotatable bonds is 0. The van der Waals surface area contributed by atoms with E-state index >= 15 is 0 Å². The zero-order chi connectivity index (χ0) is 8.73. The Bertz CT molecular complexity index is 375. The lowest BCUT2D eigenvalue weighted by Gasteiger charge is -2.19. The van der Waals surface area contributed by atoms with Crippen LogP contribution >= 0.6 is 0 Å². The molecule has 3 heteroatoms. The molecule has 0 aromatic carbocycles. The summed E-state index contributed by atoms with van der Waals surface area (Å²) in [6.07, 6.45) is 7.33. The molecule has 66 valence electrons. The minimum atomic E-state index is -0.321. The summed E-state index contributed by atoms with van der Waals surface area (Å²) >= 11 is 0. The van der Waals surface area contributed by atoms with Gasteiger partial charge in [0.05, 0.1) is 12.9 Å². The summed E-state index contributed by atoms with van der Waals surface area (Å²) in [5.41, 5.74) is 2.03. The van der Waals surface area contributed by atoms with Gasteiger partial charge in [0.25, 0.3) is 0 Å². The third-order valence-corrected chi connectivity index (χ3v) is 2.58. The molecular weight excluding hydrogens is 166 g/mol. The Morgan fingerprint density at radius 3 is 3.31 bits per heavy atom. The number of hydrogen-bond acceptors (Lipinski definition) is 3. The zero-order valence-corrected chi connectivity index (χ0v) is 7.06. The molecule has 3 nitrogen and oxygen atoms in total. The Hall–Kier alpha value is -1.35. The van der Waals surface area contributed by atoms with Gasteiger partial charge in [0.2, 0.25) is 0 Å². The quantitative estimate of drug-likeness (QED) is 0.596. The van der Waals surface area contributed by atoms with Gasteiger partial charge in [0.15, 0.2) is 0 Å². The fourth-order valence-electron chi connectivity index (χ4n) is 1.87. The topological polar surface area (TPSA) is 31.4 Å². The zero-order valence-electron chi connectivity index (χ0n) is 7.06. The second-order valence-corrected chi connectivity index (χ2v) is 3.32. The lowest BCUT2D eigenvalue weighted by atomic mass is 9.95. The second kappa shape index (κ2) is 2.33. The highest BCUT2D eigenvalue weighted by Gasteiger charge is 2.41. The third kappa shape index (κ3) is 0.848. The molecule has 2 aliphatic rings. The molecule has 0 saturated carbocycles. The molecule has 0 amide bonds. The Morgan fingerprint density at radius 2 is 2.46 bits per heavy atom. The predicted molar refractivity (Wildman–Crippen MR) is 45.8 cm³/mol. The Balaban J connectivity index is 2.16. The molecule has 0 saturated heterocycles. The minimum absolute atomic E-state index is 0.321. The van der Waals surface area contributed by atoms with Gasteiger partial charge < -0.3 is 9.47 Å². The maximum atomic E-state index is 5.72. The first-order valence-electron chi connectivity index (χ1n) is 4.27. The molecule has 0 N–H and O–H groups in total. The maximum Gasteiger partial charge on any atom is 0.149 e. The van der Waals surface area contributed by atoms with Crippen molar-refractivity contribution in [1.29, 1.82) is 0 Å². The fraction of sp³-hybridized carbons (Fsp3) is 0.300. The number of aromatic nitrogens is 1. The highest BCUT2D eigenvalue weighted by Crippen LogP contribution is 2.39. The largest absolute Gasteiger partial charge is 0.498 e. The monoisotopic (exact) mass is 175 g/mol. The van der Waals surface area contributed by atoms with Crippen LogP contribution in [0.25, 0.3) is 0 Å². The Morgan fingerprint density at radius 1 is 1.46 bits per heavy atom. The summed E-state index contributed by atoms with van der Waals surface area (Å²) in [6, 6.07) is 2.00. The molecule has 0 aliphatic carbocycles. The molecule has 3 rings (SSSR count). The molecule has 0 radical (unpaired) electrons. The molecule has 1 aromatic rings. The molecule has 1 unspecified atom stereocenters. The van der Waals surface area contributed by atoms with E-state index in [0.29, 0.717) is 13.2 Å². The van der Waals surface area contributed by atoms with Gasteiger partial charge >= 0.3 is 0 Å². The molecule has 0 bridgehead atoms. The van der Waals surface area contributed by atoms with E-state index in [9.17, 15) is 0 Å². The second-order valence-electron chi connectivity index (χ2n) is 3.32. The molecule has 1 spiro atoms. The average Bonchev–Trinajstić information content (AvgIpc) is 2.78. The standard InChI is InChI=1S/C10H9NO2/c1-3-11-5-8-6-13-10(9(1)8)2-4-12-7-10/h1-5H,6-7H2. The van der Waals surface area contributed by atoms with Gasteiger partial charge in [-0.3, -0.25) is 4.98 Å². The highest BCUT2D eigenvalue weighted by molar-refractivity contribution is 5.37. The number of nitrogens with zero attached hydrogens (tertiary/aromatic N) is 1. The molecule has 1 aromatic heterocycles. The SMILES string of the molecule is C1=CC2(CO1)OCc1cnccc12. The first-order chi connectivity index (χ1) is 6.41. The average molecular weight is 175 g/mol. The number of fused-ring (bicyclic) bond motifs is 2. The van der Waals surface area contributed by atoms with Crippen LogP contribution in [0.3, 0.4) is 0 Å². The number of pyridine rings is 1. The van der Waals surface area contributed by atoms with Crippen molar-refractivity contribution in [3.63, 3.8) is 0 Å². The van der Waals surface area contributed by atoms with Crippen molar-refractivity contribution in [2.24, 2.45) is 0 Å². The maximum absolute atomic E-state index is 5.72. The molecule has 3 heterocycles. The van der Waals surface area contributed by atoms with Crippen LogP contribution in [0.2, 0.25) is 0 Å². The van der Waals surface area contributed by atoms with Crippen LogP contribution in [0.5, 0.6) is 0 Å². The van der Waals surface area contributed by atoms with E-state index in [1.807, 2.05) is 18.3 Å². The van der Waals surface area contributed by atoms with Gasteiger partial charge in [-0.25, -0.2) is 0 Å². The summed E-state index contributed by atoms with van der Waals surface area (Å²) < 4.78 is 10.9. The molecule has 2 aliphatic heterocycles. The molecule has 1 atom stereocenters. The minimum Gasteiger partial charge on any atom is -0.498 e. The van der Waals surface area contributed by atoms with Crippen LogP contribution in [0.15, 0.2) is 30.8 Å². The number of ether oxygens (including phenoxy) is 2. The summed E-state index contributed by atoms with van der Waals surface area (Å²) in [6.45, 7) is 1.22. The van der Waals surface area contributed by atoms with E-state index in [1.165, 1.54) is 5.56 Å². The van der Waals surface area contributed by atoms with Gasteiger partial charge in [0, 0.05) is 18.0 Å². The summed E-state index contributed by atoms with van der Waals surface area (Å²) in [7, 11) is 0. The summed E-state index contributed by atoms with van der Waals surface area (Å²) in [5, 5.41) is 0.